The third-order valence-corrected chi connectivity index (χ3v) is 5.00. The molecule has 0 radical (unpaired) electrons. The molecule has 1 saturated heterocycles. The number of hydrogen-bond donors (Lipinski definition) is 1. The number of hydrogen-bond acceptors (Lipinski definition) is 5. The van der Waals surface area contributed by atoms with Crippen molar-refractivity contribution in [3.63, 3.8) is 0 Å². The van der Waals surface area contributed by atoms with Crippen LogP contribution in [-0.2, 0) is 4.74 Å². The SMILES string of the molecule is COc1ccc2nc(C(=O)Nc3cccc(Cl)c3N3CCOCC3)ccc2c1. The molecular weight excluding hydrogens is 378 g/mol. The second-order valence-corrected chi connectivity index (χ2v) is 6.85. The Balaban J connectivity index is 1.61. The fourth-order valence-corrected chi connectivity index (χ4v) is 3.56. The Bertz CT molecular complexity index is 1020. The van der Waals surface area contributed by atoms with E-state index in [-0.39, 0.29) is 5.91 Å². The highest BCUT2D eigenvalue weighted by atomic mass is 35.5. The predicted octanol–water partition coefficient (Wildman–Crippen LogP) is 3.99. The molecule has 28 heavy (non-hydrogen) atoms. The zero-order valence-corrected chi connectivity index (χ0v) is 16.2. The Labute approximate surface area is 168 Å². The van der Waals surface area contributed by atoms with E-state index in [1.807, 2.05) is 42.5 Å². The van der Waals surface area contributed by atoms with Gasteiger partial charge in [-0.1, -0.05) is 23.7 Å². The number of carbonyl (C=O) groups is 1. The van der Waals surface area contributed by atoms with Crippen molar-refractivity contribution in [1.29, 1.82) is 0 Å². The van der Waals surface area contributed by atoms with E-state index >= 15 is 0 Å². The van der Waals surface area contributed by atoms with Gasteiger partial charge in [0.1, 0.15) is 11.4 Å². The van der Waals surface area contributed by atoms with Crippen molar-refractivity contribution < 1.29 is 14.3 Å². The van der Waals surface area contributed by atoms with E-state index < -0.39 is 0 Å². The first kappa shape index (κ1) is 18.5. The summed E-state index contributed by atoms with van der Waals surface area (Å²) in [6.45, 7) is 2.72. The van der Waals surface area contributed by atoms with E-state index in [9.17, 15) is 4.79 Å². The number of ether oxygens (including phenoxy) is 2. The Hall–Kier alpha value is -2.83. The molecule has 1 aliphatic rings. The van der Waals surface area contributed by atoms with Crippen molar-refractivity contribution in [1.82, 2.24) is 4.98 Å². The van der Waals surface area contributed by atoms with Crippen LogP contribution < -0.4 is 15.0 Å². The molecule has 1 aromatic heterocycles. The Kier molecular flexibility index (Phi) is 5.32. The molecule has 1 amide bonds. The molecule has 2 heterocycles. The van der Waals surface area contributed by atoms with Crippen LogP contribution in [0.5, 0.6) is 5.75 Å². The van der Waals surface area contributed by atoms with E-state index in [2.05, 4.69) is 15.2 Å². The normalized spacial score (nSPS) is 14.1. The Morgan fingerprint density at radius 2 is 2.00 bits per heavy atom. The molecule has 0 atom stereocenters. The summed E-state index contributed by atoms with van der Waals surface area (Å²) in [6, 6.07) is 14.6. The molecule has 0 unspecified atom stereocenters. The molecule has 1 fully saturated rings. The molecule has 4 rings (SSSR count). The number of halogens is 1. The van der Waals surface area contributed by atoms with Crippen LogP contribution in [0.2, 0.25) is 5.02 Å². The van der Waals surface area contributed by atoms with Crippen molar-refractivity contribution >= 4 is 39.8 Å². The lowest BCUT2D eigenvalue weighted by atomic mass is 10.2. The largest absolute Gasteiger partial charge is 0.497 e. The molecule has 0 spiro atoms. The van der Waals surface area contributed by atoms with Crippen molar-refractivity contribution in [3.8, 4) is 5.75 Å². The molecule has 6 nitrogen and oxygen atoms in total. The molecule has 3 aromatic rings. The number of methoxy groups -OCH3 is 1. The average Bonchev–Trinajstić information content (AvgIpc) is 2.73. The minimum atomic E-state index is -0.283. The van der Waals surface area contributed by atoms with E-state index in [0.717, 1.165) is 35.4 Å². The monoisotopic (exact) mass is 397 g/mol. The number of nitrogens with zero attached hydrogens (tertiary/aromatic N) is 2. The lowest BCUT2D eigenvalue weighted by molar-refractivity contribution is 0.102. The van der Waals surface area contributed by atoms with E-state index in [0.29, 0.717) is 29.6 Å². The summed E-state index contributed by atoms with van der Waals surface area (Å²) in [5, 5.41) is 4.46. The molecular formula is C21H20ClN3O3. The van der Waals surface area contributed by atoms with Gasteiger partial charge in [-0.3, -0.25) is 4.79 Å². The lowest BCUT2D eigenvalue weighted by Gasteiger charge is -2.31. The highest BCUT2D eigenvalue weighted by Crippen LogP contribution is 2.34. The maximum Gasteiger partial charge on any atom is 0.274 e. The van der Waals surface area contributed by atoms with Crippen LogP contribution in [0.25, 0.3) is 10.9 Å². The van der Waals surface area contributed by atoms with Crippen LogP contribution in [0.4, 0.5) is 11.4 Å². The van der Waals surface area contributed by atoms with Crippen molar-refractivity contribution in [2.24, 2.45) is 0 Å². The maximum atomic E-state index is 12.8. The van der Waals surface area contributed by atoms with Gasteiger partial charge in [0.25, 0.3) is 5.91 Å². The summed E-state index contributed by atoms with van der Waals surface area (Å²) in [7, 11) is 1.62. The summed E-state index contributed by atoms with van der Waals surface area (Å²) in [6.07, 6.45) is 0. The molecule has 0 bridgehead atoms. The highest BCUT2D eigenvalue weighted by molar-refractivity contribution is 6.34. The molecule has 0 saturated carbocycles. The van der Waals surface area contributed by atoms with Gasteiger partial charge >= 0.3 is 0 Å². The summed E-state index contributed by atoms with van der Waals surface area (Å²) in [4.78, 5) is 19.4. The minimum absolute atomic E-state index is 0.283. The third-order valence-electron chi connectivity index (χ3n) is 4.69. The van der Waals surface area contributed by atoms with Gasteiger partial charge < -0.3 is 19.7 Å². The molecule has 1 aliphatic heterocycles. The first-order valence-corrected chi connectivity index (χ1v) is 9.41. The summed E-state index contributed by atoms with van der Waals surface area (Å²) >= 11 is 6.44. The number of benzene rings is 2. The van der Waals surface area contributed by atoms with Gasteiger partial charge in [0.2, 0.25) is 0 Å². The van der Waals surface area contributed by atoms with Crippen LogP contribution in [0.1, 0.15) is 10.5 Å². The van der Waals surface area contributed by atoms with E-state index in [4.69, 9.17) is 21.1 Å². The second kappa shape index (κ2) is 8.04. The van der Waals surface area contributed by atoms with Crippen molar-refractivity contribution in [2.75, 3.05) is 43.6 Å². The standard InChI is InChI=1S/C21H20ClN3O3/c1-27-15-6-8-17-14(13-15)5-7-19(23-17)21(26)24-18-4-2-3-16(22)20(18)25-9-11-28-12-10-25/h2-8,13H,9-12H2,1H3,(H,24,26). The van der Waals surface area contributed by atoms with Crippen LogP contribution in [0.3, 0.4) is 0 Å². The number of aromatic nitrogens is 1. The fraction of sp³-hybridized carbons (Fsp3) is 0.238. The van der Waals surface area contributed by atoms with Crippen LogP contribution in [0.15, 0.2) is 48.5 Å². The molecule has 2 aromatic carbocycles. The number of morpholine rings is 1. The zero-order valence-electron chi connectivity index (χ0n) is 15.4. The molecule has 1 N–H and O–H groups in total. The Morgan fingerprint density at radius 1 is 1.18 bits per heavy atom. The lowest BCUT2D eigenvalue weighted by Crippen LogP contribution is -2.37. The van der Waals surface area contributed by atoms with Gasteiger partial charge in [-0.05, 0) is 36.4 Å². The molecule has 144 valence electrons. The van der Waals surface area contributed by atoms with Gasteiger partial charge in [0.05, 0.1) is 42.2 Å². The fourth-order valence-electron chi connectivity index (χ4n) is 3.27. The number of pyridine rings is 1. The average molecular weight is 398 g/mol. The summed E-state index contributed by atoms with van der Waals surface area (Å²) < 4.78 is 10.6. The summed E-state index contributed by atoms with van der Waals surface area (Å²) in [5.41, 5.74) is 2.54. The van der Waals surface area contributed by atoms with Crippen LogP contribution in [0, 0.1) is 0 Å². The van der Waals surface area contributed by atoms with Crippen LogP contribution in [-0.4, -0.2) is 44.3 Å². The van der Waals surface area contributed by atoms with Crippen molar-refractivity contribution in [2.45, 2.75) is 0 Å². The smallest absolute Gasteiger partial charge is 0.274 e. The number of rotatable bonds is 4. The van der Waals surface area contributed by atoms with Gasteiger partial charge in [-0.2, -0.15) is 0 Å². The van der Waals surface area contributed by atoms with Gasteiger partial charge in [-0.15, -0.1) is 0 Å². The van der Waals surface area contributed by atoms with Gasteiger partial charge in [-0.25, -0.2) is 4.98 Å². The van der Waals surface area contributed by atoms with Crippen LogP contribution >= 0.6 is 11.6 Å². The number of amides is 1. The number of anilines is 2. The van der Waals surface area contributed by atoms with E-state index in [1.165, 1.54) is 0 Å². The highest BCUT2D eigenvalue weighted by Gasteiger charge is 2.20. The van der Waals surface area contributed by atoms with Gasteiger partial charge in [0, 0.05) is 18.5 Å². The first-order valence-electron chi connectivity index (χ1n) is 9.03. The zero-order chi connectivity index (χ0) is 19.5. The van der Waals surface area contributed by atoms with E-state index in [1.54, 1.807) is 13.2 Å². The van der Waals surface area contributed by atoms with Crippen molar-refractivity contribution in [3.05, 3.63) is 59.2 Å². The minimum Gasteiger partial charge on any atom is -0.497 e. The maximum absolute atomic E-state index is 12.8. The molecule has 7 heteroatoms. The predicted molar refractivity (Wildman–Crippen MR) is 111 cm³/mol. The number of carbonyl (C=O) groups excluding carboxylic acids is 1. The number of para-hydroxylation sites is 1. The topological polar surface area (TPSA) is 63.7 Å². The quantitative estimate of drug-likeness (QED) is 0.721. The van der Waals surface area contributed by atoms with Gasteiger partial charge in [0.15, 0.2) is 0 Å². The first-order chi connectivity index (χ1) is 13.7. The molecule has 0 aliphatic carbocycles. The third kappa shape index (κ3) is 3.74. The summed E-state index contributed by atoms with van der Waals surface area (Å²) in [5.74, 6) is 0.468. The number of nitrogens with one attached hydrogen (secondary N) is 1. The number of fused-ring (bicyclic) bond motifs is 1. The Morgan fingerprint density at radius 3 is 2.79 bits per heavy atom. The second-order valence-electron chi connectivity index (χ2n) is 6.44.